The van der Waals surface area contributed by atoms with Crippen molar-refractivity contribution in [2.75, 3.05) is 23.7 Å². The van der Waals surface area contributed by atoms with Gasteiger partial charge in [-0.2, -0.15) is 13.2 Å². The first-order chi connectivity index (χ1) is 9.75. The van der Waals surface area contributed by atoms with Gasteiger partial charge in [-0.25, -0.2) is 4.98 Å². The van der Waals surface area contributed by atoms with Crippen LogP contribution in [-0.2, 0) is 11.0 Å². The third-order valence-electron chi connectivity index (χ3n) is 3.39. The largest absolute Gasteiger partial charge is 0.416 e. The number of nitrogens with zero attached hydrogens (tertiary/aromatic N) is 2. The zero-order valence-corrected chi connectivity index (χ0v) is 11.6. The van der Waals surface area contributed by atoms with E-state index in [-0.39, 0.29) is 23.6 Å². The monoisotopic (exact) mass is 302 g/mol. The predicted molar refractivity (Wildman–Crippen MR) is 72.7 cm³/mol. The summed E-state index contributed by atoms with van der Waals surface area (Å²) in [6.07, 6.45) is -3.12. The van der Waals surface area contributed by atoms with E-state index < -0.39 is 11.7 Å². The molecule has 0 atom stereocenters. The molecule has 0 aromatic carbocycles. The quantitative estimate of drug-likeness (QED) is 0.873. The fourth-order valence-corrected chi connectivity index (χ4v) is 2.40. The summed E-state index contributed by atoms with van der Waals surface area (Å²) in [4.78, 5) is 16.7. The summed E-state index contributed by atoms with van der Waals surface area (Å²) in [5, 5.41) is 2.81. The maximum Gasteiger partial charge on any atom is 0.416 e. The molecule has 1 aliphatic rings. The molecule has 1 aromatic rings. The minimum atomic E-state index is -4.44. The Morgan fingerprint density at radius 1 is 1.38 bits per heavy atom. The Balaban J connectivity index is 2.10. The fraction of sp³-hybridized carbons (Fsp3) is 0.538. The minimum absolute atomic E-state index is 0.0573. The highest BCUT2D eigenvalue weighted by molar-refractivity contribution is 5.73. The van der Waals surface area contributed by atoms with E-state index in [0.717, 1.165) is 12.1 Å². The third kappa shape index (κ3) is 3.99. The van der Waals surface area contributed by atoms with E-state index in [2.05, 4.69) is 10.3 Å². The number of carbonyl (C=O) groups is 1. The molecular weight excluding hydrogens is 285 g/mol. The summed E-state index contributed by atoms with van der Waals surface area (Å²) in [6.45, 7) is 2.50. The second-order valence-corrected chi connectivity index (χ2v) is 5.10. The summed E-state index contributed by atoms with van der Waals surface area (Å²) in [7, 11) is 0. The molecule has 8 heteroatoms. The zero-order valence-electron chi connectivity index (χ0n) is 11.6. The standard InChI is InChI=1S/C13H17F3N4O/c1-8(21)18-10-2-4-20(5-3-10)12-7-9(13(14,15)16)6-11(17)19-12/h6-7,10H,2-5H2,1H3,(H2,17,19)(H,18,21). The van der Waals surface area contributed by atoms with E-state index in [1.165, 1.54) is 6.92 Å². The molecule has 1 aliphatic heterocycles. The topological polar surface area (TPSA) is 71.2 Å². The molecule has 1 fully saturated rings. The highest BCUT2D eigenvalue weighted by atomic mass is 19.4. The molecule has 2 heterocycles. The Bertz CT molecular complexity index is 525. The Hall–Kier alpha value is -1.99. The van der Waals surface area contributed by atoms with Crippen LogP contribution in [0.3, 0.4) is 0 Å². The zero-order chi connectivity index (χ0) is 15.6. The second kappa shape index (κ2) is 5.79. The van der Waals surface area contributed by atoms with Crippen molar-refractivity contribution in [2.45, 2.75) is 32.0 Å². The molecule has 1 amide bonds. The van der Waals surface area contributed by atoms with Crippen LogP contribution in [0.2, 0.25) is 0 Å². The van der Waals surface area contributed by atoms with Gasteiger partial charge in [0.2, 0.25) is 5.91 Å². The van der Waals surface area contributed by atoms with Crippen LogP contribution in [0.15, 0.2) is 12.1 Å². The van der Waals surface area contributed by atoms with Gasteiger partial charge in [-0.3, -0.25) is 4.79 Å². The summed E-state index contributed by atoms with van der Waals surface area (Å²) in [5.74, 6) is -0.0257. The van der Waals surface area contributed by atoms with Gasteiger partial charge < -0.3 is 16.0 Å². The maximum atomic E-state index is 12.8. The van der Waals surface area contributed by atoms with Crippen LogP contribution in [0.25, 0.3) is 0 Å². The number of carbonyl (C=O) groups excluding carboxylic acids is 1. The van der Waals surface area contributed by atoms with Gasteiger partial charge in [-0.05, 0) is 25.0 Å². The lowest BCUT2D eigenvalue weighted by Crippen LogP contribution is -2.44. The number of rotatable bonds is 2. The number of halogens is 3. The maximum absolute atomic E-state index is 12.8. The van der Waals surface area contributed by atoms with Gasteiger partial charge in [0.05, 0.1) is 5.56 Å². The first kappa shape index (κ1) is 15.4. The van der Waals surface area contributed by atoms with Gasteiger partial charge in [0.15, 0.2) is 0 Å². The molecule has 0 spiro atoms. The lowest BCUT2D eigenvalue weighted by atomic mass is 10.0. The molecule has 2 rings (SSSR count). The van der Waals surface area contributed by atoms with Crippen molar-refractivity contribution in [1.29, 1.82) is 0 Å². The van der Waals surface area contributed by atoms with Gasteiger partial charge in [0, 0.05) is 26.1 Å². The third-order valence-corrected chi connectivity index (χ3v) is 3.39. The van der Waals surface area contributed by atoms with Crippen molar-refractivity contribution >= 4 is 17.5 Å². The number of pyridine rings is 1. The number of amides is 1. The molecule has 0 unspecified atom stereocenters. The predicted octanol–water partition coefficient (Wildman–Crippen LogP) is 1.79. The van der Waals surface area contributed by atoms with Gasteiger partial charge in [-0.15, -0.1) is 0 Å². The van der Waals surface area contributed by atoms with Crippen LogP contribution < -0.4 is 16.0 Å². The number of aromatic nitrogens is 1. The summed E-state index contributed by atoms with van der Waals surface area (Å²) < 4.78 is 38.3. The number of nitrogen functional groups attached to an aromatic ring is 1. The van der Waals surface area contributed by atoms with E-state index in [1.807, 2.05) is 0 Å². The average Bonchev–Trinajstić information content (AvgIpc) is 2.37. The summed E-state index contributed by atoms with van der Waals surface area (Å²) in [6, 6.07) is 1.89. The molecule has 0 bridgehead atoms. The van der Waals surface area contributed by atoms with Crippen molar-refractivity contribution in [1.82, 2.24) is 10.3 Å². The van der Waals surface area contributed by atoms with Crippen molar-refractivity contribution < 1.29 is 18.0 Å². The SMILES string of the molecule is CC(=O)NC1CCN(c2cc(C(F)(F)F)cc(N)n2)CC1. The van der Waals surface area contributed by atoms with Crippen molar-refractivity contribution in [3.63, 3.8) is 0 Å². The first-order valence-corrected chi connectivity index (χ1v) is 6.62. The van der Waals surface area contributed by atoms with E-state index in [1.54, 1.807) is 4.90 Å². The summed E-state index contributed by atoms with van der Waals surface area (Å²) >= 11 is 0. The van der Waals surface area contributed by atoms with Gasteiger partial charge in [-0.1, -0.05) is 0 Å². The lowest BCUT2D eigenvalue weighted by molar-refractivity contribution is -0.137. The molecular formula is C13H17F3N4O. The number of nitrogens with two attached hydrogens (primary N) is 1. The molecule has 1 aromatic heterocycles. The molecule has 116 valence electrons. The van der Waals surface area contributed by atoms with E-state index >= 15 is 0 Å². The molecule has 3 N–H and O–H groups in total. The molecule has 5 nitrogen and oxygen atoms in total. The highest BCUT2D eigenvalue weighted by Gasteiger charge is 2.32. The number of nitrogens with one attached hydrogen (secondary N) is 1. The smallest absolute Gasteiger partial charge is 0.384 e. The van der Waals surface area contributed by atoms with Crippen LogP contribution in [0.5, 0.6) is 0 Å². The van der Waals surface area contributed by atoms with Crippen LogP contribution in [0.1, 0.15) is 25.3 Å². The van der Waals surface area contributed by atoms with Gasteiger partial charge >= 0.3 is 6.18 Å². The Morgan fingerprint density at radius 3 is 2.52 bits per heavy atom. The lowest BCUT2D eigenvalue weighted by Gasteiger charge is -2.33. The number of piperidine rings is 1. The number of anilines is 2. The van der Waals surface area contributed by atoms with Crippen molar-refractivity contribution in [2.24, 2.45) is 0 Å². The van der Waals surface area contributed by atoms with E-state index in [0.29, 0.717) is 25.9 Å². The minimum Gasteiger partial charge on any atom is -0.384 e. The van der Waals surface area contributed by atoms with Crippen LogP contribution in [0.4, 0.5) is 24.8 Å². The Labute approximate surface area is 120 Å². The number of hydrogen-bond acceptors (Lipinski definition) is 4. The van der Waals surface area contributed by atoms with E-state index in [9.17, 15) is 18.0 Å². The van der Waals surface area contributed by atoms with Crippen LogP contribution >= 0.6 is 0 Å². The molecule has 21 heavy (non-hydrogen) atoms. The molecule has 0 radical (unpaired) electrons. The van der Waals surface area contributed by atoms with Gasteiger partial charge in [0.1, 0.15) is 11.6 Å². The van der Waals surface area contributed by atoms with Crippen LogP contribution in [0, 0.1) is 0 Å². The second-order valence-electron chi connectivity index (χ2n) is 5.10. The molecule has 0 aliphatic carbocycles. The normalized spacial score (nSPS) is 16.9. The summed E-state index contributed by atoms with van der Waals surface area (Å²) in [5.41, 5.74) is 4.66. The Kier molecular flexibility index (Phi) is 4.24. The number of hydrogen-bond donors (Lipinski definition) is 2. The Morgan fingerprint density at radius 2 is 2.00 bits per heavy atom. The number of alkyl halides is 3. The van der Waals surface area contributed by atoms with Crippen molar-refractivity contribution in [3.05, 3.63) is 17.7 Å². The molecule has 1 saturated heterocycles. The highest BCUT2D eigenvalue weighted by Crippen LogP contribution is 2.32. The van der Waals surface area contributed by atoms with Gasteiger partial charge in [0.25, 0.3) is 0 Å². The van der Waals surface area contributed by atoms with Crippen molar-refractivity contribution in [3.8, 4) is 0 Å². The molecule has 0 saturated carbocycles. The van der Waals surface area contributed by atoms with E-state index in [4.69, 9.17) is 5.73 Å². The van der Waals surface area contributed by atoms with Crippen LogP contribution in [-0.4, -0.2) is 30.0 Å². The first-order valence-electron chi connectivity index (χ1n) is 6.62. The average molecular weight is 302 g/mol. The fourth-order valence-electron chi connectivity index (χ4n) is 2.40.